The van der Waals surface area contributed by atoms with Crippen molar-refractivity contribution < 1.29 is 68.9 Å². The number of carbonyl (C=O) groups is 8. The molecule has 0 aliphatic carbocycles. The Hall–Kier alpha value is -5.03. The van der Waals surface area contributed by atoms with Gasteiger partial charge in [0.25, 0.3) is 0 Å². The van der Waals surface area contributed by atoms with E-state index in [0.29, 0.717) is 25.0 Å². The molecule has 5 amide bonds. The smallest absolute Gasteiger partial charge is 0.326 e. The van der Waals surface area contributed by atoms with Crippen LogP contribution in [0.3, 0.4) is 0 Å². The number of aliphatic carboxylic acids is 2. The number of carboxylic acid groups (broad SMARTS) is 2. The molecule has 3 atom stereocenters. The summed E-state index contributed by atoms with van der Waals surface area (Å²) in [5, 5.41) is 32.2. The highest BCUT2D eigenvalue weighted by atomic mass is 16.5. The first kappa shape index (κ1) is 71.0. The lowest BCUT2D eigenvalue weighted by Gasteiger charge is -2.27. The molecule has 0 saturated carbocycles. The number of nitrogens with two attached hydrogens (primary N) is 1. The van der Waals surface area contributed by atoms with Gasteiger partial charge in [-0.15, -0.1) is 0 Å². The molecule has 0 fully saturated rings. The lowest BCUT2D eigenvalue weighted by atomic mass is 9.88. The SMILES string of the molecule is CCCCCCCCC(=O)NC(CCC(=O)NCCOCCOCC(=O)NCCOCCOCC(=O)NCCCC[C@H](CC(=O)C(C)(C)NC(=O)[C@@H](N)Cc1cnc[nH]1)C(=O)O)C(=O)O.CCCCCCCCCCC.[HH]. The number of imidazole rings is 1. The molecule has 1 aromatic rings. The van der Waals surface area contributed by atoms with Crippen LogP contribution < -0.4 is 32.3 Å². The molecule has 1 heterocycles. The molecule has 10 N–H and O–H groups in total. The number of unbranched alkanes of at least 4 members (excludes halogenated alkanes) is 14. The molecule has 22 nitrogen and oxygen atoms in total. The molecule has 0 aliphatic heterocycles. The van der Waals surface area contributed by atoms with Crippen LogP contribution in [-0.2, 0) is 63.7 Å². The molecule has 0 aliphatic rings. The minimum Gasteiger partial charge on any atom is -0.481 e. The van der Waals surface area contributed by atoms with Crippen molar-refractivity contribution in [3.8, 4) is 0 Å². The van der Waals surface area contributed by atoms with E-state index in [2.05, 4.69) is 57.3 Å². The van der Waals surface area contributed by atoms with Gasteiger partial charge in [0, 0.05) is 58.6 Å². The quantitative estimate of drug-likeness (QED) is 0.0374. The Morgan fingerprint density at radius 2 is 1.11 bits per heavy atom. The Balaban J connectivity index is 0. The minimum atomic E-state index is -1.33. The van der Waals surface area contributed by atoms with Crippen LogP contribution in [0.1, 0.15) is 183 Å². The number of H-pyrrole nitrogens is 1. The van der Waals surface area contributed by atoms with E-state index < -0.39 is 47.2 Å². The van der Waals surface area contributed by atoms with Crippen molar-refractivity contribution in [2.75, 3.05) is 72.5 Å². The van der Waals surface area contributed by atoms with Crippen LogP contribution in [0.25, 0.3) is 0 Å². The zero-order chi connectivity index (χ0) is 56.7. The van der Waals surface area contributed by atoms with Crippen molar-refractivity contribution in [1.29, 1.82) is 0 Å². The Kier molecular flexibility index (Phi) is 44.1. The highest BCUT2D eigenvalue weighted by Gasteiger charge is 2.34. The Morgan fingerprint density at radius 1 is 0.605 bits per heavy atom. The van der Waals surface area contributed by atoms with Crippen LogP contribution in [0.2, 0.25) is 0 Å². The zero-order valence-electron chi connectivity index (χ0n) is 46.7. The van der Waals surface area contributed by atoms with Gasteiger partial charge in [-0.3, -0.25) is 33.6 Å². The van der Waals surface area contributed by atoms with Gasteiger partial charge in [0.15, 0.2) is 5.78 Å². The van der Waals surface area contributed by atoms with Gasteiger partial charge in [-0.05, 0) is 39.5 Å². The number of amides is 5. The normalized spacial score (nSPS) is 12.3. The maximum Gasteiger partial charge on any atom is 0.326 e. The summed E-state index contributed by atoms with van der Waals surface area (Å²) in [7, 11) is 0. The average molecular weight is 1090 g/mol. The average Bonchev–Trinajstić information content (AvgIpc) is 3.90. The molecular formula is C54H100N8O14. The predicted octanol–water partition coefficient (Wildman–Crippen LogP) is 5.30. The maximum atomic E-state index is 13.0. The van der Waals surface area contributed by atoms with E-state index in [9.17, 15) is 48.6 Å². The monoisotopic (exact) mass is 1080 g/mol. The lowest BCUT2D eigenvalue weighted by molar-refractivity contribution is -0.145. The molecule has 1 aromatic heterocycles. The third kappa shape index (κ3) is 41.2. The van der Waals surface area contributed by atoms with Crippen LogP contribution in [-0.4, -0.2) is 158 Å². The van der Waals surface area contributed by atoms with Crippen molar-refractivity contribution in [2.24, 2.45) is 11.7 Å². The molecular weight excluding hydrogens is 985 g/mol. The van der Waals surface area contributed by atoms with Crippen LogP contribution in [0, 0.1) is 5.92 Å². The first-order valence-corrected chi connectivity index (χ1v) is 27.9. The Morgan fingerprint density at radius 3 is 1.61 bits per heavy atom. The molecule has 22 heteroatoms. The highest BCUT2D eigenvalue weighted by molar-refractivity contribution is 5.95. The lowest BCUT2D eigenvalue weighted by Crippen LogP contribution is -2.55. The van der Waals surface area contributed by atoms with Crippen molar-refractivity contribution in [1.82, 2.24) is 36.6 Å². The van der Waals surface area contributed by atoms with Gasteiger partial charge in [0.2, 0.25) is 29.5 Å². The summed E-state index contributed by atoms with van der Waals surface area (Å²) in [4.78, 5) is 104. The van der Waals surface area contributed by atoms with Gasteiger partial charge in [-0.2, -0.15) is 0 Å². The molecule has 0 aromatic carbocycles. The second-order valence-corrected chi connectivity index (χ2v) is 19.5. The van der Waals surface area contributed by atoms with E-state index in [0.717, 1.165) is 32.1 Å². The number of aromatic nitrogens is 2. The molecule has 0 radical (unpaired) electrons. The van der Waals surface area contributed by atoms with Crippen LogP contribution in [0.4, 0.5) is 0 Å². The second-order valence-electron chi connectivity index (χ2n) is 19.5. The van der Waals surface area contributed by atoms with Crippen molar-refractivity contribution in [3.05, 3.63) is 18.2 Å². The number of ether oxygens (including phenoxy) is 4. The summed E-state index contributed by atoms with van der Waals surface area (Å²) in [5.41, 5.74) is 5.29. The third-order valence-electron chi connectivity index (χ3n) is 12.2. The summed E-state index contributed by atoms with van der Waals surface area (Å²) >= 11 is 0. The summed E-state index contributed by atoms with van der Waals surface area (Å²) in [6, 6.07) is -2.06. The number of aromatic amines is 1. The van der Waals surface area contributed by atoms with Crippen LogP contribution in [0.5, 0.6) is 0 Å². The van der Waals surface area contributed by atoms with Gasteiger partial charge in [-0.25, -0.2) is 9.78 Å². The maximum absolute atomic E-state index is 13.0. The van der Waals surface area contributed by atoms with E-state index in [1.807, 2.05) is 0 Å². The summed E-state index contributed by atoms with van der Waals surface area (Å²) < 4.78 is 21.3. The van der Waals surface area contributed by atoms with E-state index in [1.165, 1.54) is 78.0 Å². The van der Waals surface area contributed by atoms with E-state index in [-0.39, 0.29) is 136 Å². The number of rotatable bonds is 49. The van der Waals surface area contributed by atoms with Crippen molar-refractivity contribution >= 4 is 47.3 Å². The van der Waals surface area contributed by atoms with Crippen molar-refractivity contribution in [2.45, 2.75) is 200 Å². The second kappa shape index (κ2) is 47.2. The molecule has 1 unspecified atom stereocenters. The summed E-state index contributed by atoms with van der Waals surface area (Å²) in [6.07, 6.45) is 23.2. The molecule has 0 bridgehead atoms. The topological polar surface area (TPSA) is 329 Å². The summed E-state index contributed by atoms with van der Waals surface area (Å²) in [5.74, 6) is -5.68. The third-order valence-corrected chi connectivity index (χ3v) is 12.2. The highest BCUT2D eigenvalue weighted by Crippen LogP contribution is 2.19. The van der Waals surface area contributed by atoms with E-state index in [4.69, 9.17) is 24.7 Å². The van der Waals surface area contributed by atoms with Crippen molar-refractivity contribution in [3.63, 3.8) is 0 Å². The number of hydrogen-bond donors (Lipinski definition) is 9. The van der Waals surface area contributed by atoms with E-state index >= 15 is 0 Å². The standard InChI is InChI=1S/C43H74N8O14.C11H24.H2/c1-4-5-6-7-8-9-13-37(54)50-34(42(60)61)14-15-36(53)47-17-19-62-21-24-65-29-39(56)48-18-20-63-22-23-64-28-38(55)46-16-11-10-12-31(41(58)59)25-35(52)43(2,3)51-40(57)33(44)26-32-27-45-30-49-32;1-3-5-7-9-11-10-8-6-4-2;/h27,30-31,33-34H,4-26,28-29,44H2,1-3H3,(H,45,49)(H,46,55)(H,47,53)(H,48,56)(H,50,54)(H,51,57)(H,58,59)(H,60,61);3-11H2,1-2H3;1H/t31-,33+,34?;;/m1../s1. The zero-order valence-corrected chi connectivity index (χ0v) is 46.7. The number of nitrogens with one attached hydrogen (secondary N) is 6. The predicted molar refractivity (Wildman–Crippen MR) is 291 cm³/mol. The first-order valence-electron chi connectivity index (χ1n) is 27.9. The number of nitrogens with zero attached hydrogens (tertiary/aromatic N) is 1. The largest absolute Gasteiger partial charge is 0.481 e. The van der Waals surface area contributed by atoms with Crippen LogP contribution >= 0.6 is 0 Å². The molecule has 440 valence electrons. The first-order chi connectivity index (χ1) is 36.5. The molecule has 0 saturated heterocycles. The fourth-order valence-electron chi connectivity index (χ4n) is 7.47. The number of Topliss-reactive ketones (excluding diaryl/α,β-unsaturated/α-hetero) is 1. The molecule has 1 rings (SSSR count). The molecule has 76 heavy (non-hydrogen) atoms. The molecule has 0 spiro atoms. The number of ketones is 1. The number of carboxylic acids is 2. The fraction of sp³-hybridized carbons (Fsp3) is 0.796. The Bertz CT molecular complexity index is 1720. The van der Waals surface area contributed by atoms with Gasteiger partial charge >= 0.3 is 11.9 Å². The van der Waals surface area contributed by atoms with E-state index in [1.54, 1.807) is 6.20 Å². The van der Waals surface area contributed by atoms with Gasteiger partial charge in [0.05, 0.1) is 63.5 Å². The minimum absolute atomic E-state index is 0. The fourth-order valence-corrected chi connectivity index (χ4v) is 7.47. The Labute approximate surface area is 453 Å². The van der Waals surface area contributed by atoms with Gasteiger partial charge in [0.1, 0.15) is 19.3 Å². The number of hydrogen-bond acceptors (Lipinski definition) is 14. The number of carbonyl (C=O) groups excluding carboxylic acids is 6. The van der Waals surface area contributed by atoms with Crippen LogP contribution in [0.15, 0.2) is 12.5 Å². The van der Waals surface area contributed by atoms with Gasteiger partial charge in [-0.1, -0.05) is 117 Å². The van der Waals surface area contributed by atoms with Gasteiger partial charge < -0.3 is 66.5 Å². The summed E-state index contributed by atoms with van der Waals surface area (Å²) in [6.45, 7) is 11.0.